The molecule has 0 spiro atoms. The first kappa shape index (κ1) is 18.9. The van der Waals surface area contributed by atoms with Crippen molar-refractivity contribution < 1.29 is 17.9 Å². The first-order chi connectivity index (χ1) is 10.2. The molecule has 126 valence electrons. The largest absolute Gasteiger partial charge is 0.491 e. The minimum Gasteiger partial charge on any atom is -0.491 e. The lowest BCUT2D eigenvalue weighted by Crippen LogP contribution is -2.48. The number of benzene rings is 1. The second kappa shape index (κ2) is 7.92. The Hall–Kier alpha value is -1.15. The molecule has 0 aromatic heterocycles. The summed E-state index contributed by atoms with van der Waals surface area (Å²) in [7, 11) is -2.02. The van der Waals surface area contributed by atoms with Crippen molar-refractivity contribution in [1.29, 1.82) is 0 Å². The molecule has 0 aliphatic heterocycles. The summed E-state index contributed by atoms with van der Waals surface area (Å²) in [6.07, 6.45) is 0. The molecular formula is C15H26N2O4S. The van der Waals surface area contributed by atoms with Crippen LogP contribution in [0.3, 0.4) is 0 Å². The van der Waals surface area contributed by atoms with Crippen molar-refractivity contribution in [2.45, 2.75) is 31.7 Å². The van der Waals surface area contributed by atoms with E-state index in [4.69, 9.17) is 15.2 Å². The van der Waals surface area contributed by atoms with E-state index in [1.54, 1.807) is 19.2 Å². The Kier molecular flexibility index (Phi) is 6.80. The average molecular weight is 330 g/mol. The van der Waals surface area contributed by atoms with Crippen LogP contribution in [0.5, 0.6) is 5.75 Å². The molecule has 0 heterocycles. The SMILES string of the molecule is COCCOc1ccc(S(=O)(=O)NC(CN)C(C)(C)C)cc1. The number of rotatable bonds is 8. The molecule has 0 bridgehead atoms. The van der Waals surface area contributed by atoms with Crippen LogP contribution in [0.25, 0.3) is 0 Å². The summed E-state index contributed by atoms with van der Waals surface area (Å²) < 4.78 is 37.7. The van der Waals surface area contributed by atoms with Crippen LogP contribution in [0.4, 0.5) is 0 Å². The maximum Gasteiger partial charge on any atom is 0.240 e. The molecule has 1 aromatic carbocycles. The normalized spacial score (nSPS) is 13.9. The maximum atomic E-state index is 12.4. The molecule has 1 unspecified atom stereocenters. The molecular weight excluding hydrogens is 304 g/mol. The van der Waals surface area contributed by atoms with Gasteiger partial charge in [-0.15, -0.1) is 0 Å². The number of sulfonamides is 1. The Bertz CT molecular complexity index is 550. The molecule has 0 saturated heterocycles. The lowest BCUT2D eigenvalue weighted by atomic mass is 9.88. The van der Waals surface area contributed by atoms with Gasteiger partial charge in [0, 0.05) is 19.7 Å². The Balaban J connectivity index is 2.81. The van der Waals surface area contributed by atoms with Gasteiger partial charge in [0.15, 0.2) is 0 Å². The van der Waals surface area contributed by atoms with E-state index in [0.717, 1.165) is 0 Å². The van der Waals surface area contributed by atoms with Crippen LogP contribution >= 0.6 is 0 Å². The zero-order valence-corrected chi connectivity index (χ0v) is 14.4. The molecule has 1 aromatic rings. The van der Waals surface area contributed by atoms with Crippen molar-refractivity contribution in [3.8, 4) is 5.75 Å². The number of nitrogens with one attached hydrogen (secondary N) is 1. The van der Waals surface area contributed by atoms with Gasteiger partial charge in [-0.05, 0) is 29.7 Å². The van der Waals surface area contributed by atoms with Crippen molar-refractivity contribution in [1.82, 2.24) is 4.72 Å². The zero-order chi connectivity index (χ0) is 16.8. The van der Waals surface area contributed by atoms with Gasteiger partial charge in [-0.2, -0.15) is 0 Å². The molecule has 0 radical (unpaired) electrons. The van der Waals surface area contributed by atoms with Gasteiger partial charge < -0.3 is 15.2 Å². The number of methoxy groups -OCH3 is 1. The molecule has 6 nitrogen and oxygen atoms in total. The van der Waals surface area contributed by atoms with Gasteiger partial charge >= 0.3 is 0 Å². The van der Waals surface area contributed by atoms with Crippen molar-refractivity contribution in [2.24, 2.45) is 11.1 Å². The van der Waals surface area contributed by atoms with E-state index in [1.807, 2.05) is 20.8 Å². The van der Waals surface area contributed by atoms with Gasteiger partial charge in [0.1, 0.15) is 12.4 Å². The molecule has 0 aliphatic carbocycles. The molecule has 0 saturated carbocycles. The highest BCUT2D eigenvalue weighted by Gasteiger charge is 2.28. The smallest absolute Gasteiger partial charge is 0.240 e. The van der Waals surface area contributed by atoms with Crippen LogP contribution < -0.4 is 15.2 Å². The predicted molar refractivity (Wildman–Crippen MR) is 86.4 cm³/mol. The molecule has 0 aliphatic rings. The van der Waals surface area contributed by atoms with Gasteiger partial charge in [-0.1, -0.05) is 20.8 Å². The highest BCUT2D eigenvalue weighted by Crippen LogP contribution is 2.22. The summed E-state index contributed by atoms with van der Waals surface area (Å²) in [6.45, 7) is 6.96. The Morgan fingerprint density at radius 2 is 1.77 bits per heavy atom. The van der Waals surface area contributed by atoms with E-state index < -0.39 is 10.0 Å². The van der Waals surface area contributed by atoms with E-state index in [-0.39, 0.29) is 22.9 Å². The van der Waals surface area contributed by atoms with Gasteiger partial charge in [-0.25, -0.2) is 13.1 Å². The van der Waals surface area contributed by atoms with Crippen LogP contribution in [-0.2, 0) is 14.8 Å². The Morgan fingerprint density at radius 3 is 2.23 bits per heavy atom. The summed E-state index contributed by atoms with van der Waals surface area (Å²) in [5.41, 5.74) is 5.42. The average Bonchev–Trinajstić information content (AvgIpc) is 2.44. The fraction of sp³-hybridized carbons (Fsp3) is 0.600. The van der Waals surface area contributed by atoms with Crippen molar-refractivity contribution in [3.05, 3.63) is 24.3 Å². The lowest BCUT2D eigenvalue weighted by Gasteiger charge is -2.30. The number of nitrogens with two attached hydrogens (primary N) is 1. The molecule has 22 heavy (non-hydrogen) atoms. The van der Waals surface area contributed by atoms with E-state index in [9.17, 15) is 8.42 Å². The first-order valence-corrected chi connectivity index (χ1v) is 8.63. The van der Waals surface area contributed by atoms with E-state index in [1.165, 1.54) is 12.1 Å². The molecule has 3 N–H and O–H groups in total. The minimum atomic E-state index is -3.61. The topological polar surface area (TPSA) is 90.6 Å². The van der Waals surface area contributed by atoms with Crippen LogP contribution in [0.15, 0.2) is 29.2 Å². The third kappa shape index (κ3) is 5.57. The van der Waals surface area contributed by atoms with Crippen LogP contribution in [0, 0.1) is 5.41 Å². The first-order valence-electron chi connectivity index (χ1n) is 7.15. The summed E-state index contributed by atoms with van der Waals surface area (Å²) >= 11 is 0. The number of hydrogen-bond acceptors (Lipinski definition) is 5. The highest BCUT2D eigenvalue weighted by atomic mass is 32.2. The second-order valence-corrected chi connectivity index (χ2v) is 7.80. The number of hydrogen-bond donors (Lipinski definition) is 2. The third-order valence-electron chi connectivity index (χ3n) is 3.27. The van der Waals surface area contributed by atoms with Crippen LogP contribution in [-0.4, -0.2) is 41.3 Å². The second-order valence-electron chi connectivity index (χ2n) is 6.09. The zero-order valence-electron chi connectivity index (χ0n) is 13.6. The number of ether oxygens (including phenoxy) is 2. The molecule has 0 fully saturated rings. The lowest BCUT2D eigenvalue weighted by molar-refractivity contribution is 0.146. The van der Waals surface area contributed by atoms with Crippen molar-refractivity contribution in [3.63, 3.8) is 0 Å². The summed E-state index contributed by atoms with van der Waals surface area (Å²) in [6, 6.07) is 5.94. The van der Waals surface area contributed by atoms with Crippen LogP contribution in [0.1, 0.15) is 20.8 Å². The van der Waals surface area contributed by atoms with E-state index >= 15 is 0 Å². The summed E-state index contributed by atoms with van der Waals surface area (Å²) in [5, 5.41) is 0. The molecule has 0 amide bonds. The Labute approximate surface area is 133 Å². The summed E-state index contributed by atoms with van der Waals surface area (Å²) in [4.78, 5) is 0.189. The monoisotopic (exact) mass is 330 g/mol. The van der Waals surface area contributed by atoms with Gasteiger partial charge in [0.05, 0.1) is 11.5 Å². The van der Waals surface area contributed by atoms with Gasteiger partial charge in [0.2, 0.25) is 10.0 Å². The minimum absolute atomic E-state index is 0.189. The van der Waals surface area contributed by atoms with Crippen LogP contribution in [0.2, 0.25) is 0 Å². The van der Waals surface area contributed by atoms with E-state index in [2.05, 4.69) is 4.72 Å². The molecule has 1 rings (SSSR count). The third-order valence-corrected chi connectivity index (χ3v) is 4.76. The predicted octanol–water partition coefficient (Wildman–Crippen LogP) is 1.36. The van der Waals surface area contributed by atoms with E-state index in [0.29, 0.717) is 19.0 Å². The van der Waals surface area contributed by atoms with Crippen molar-refractivity contribution >= 4 is 10.0 Å². The van der Waals surface area contributed by atoms with Gasteiger partial charge in [0.25, 0.3) is 0 Å². The maximum absolute atomic E-state index is 12.4. The quantitative estimate of drug-likeness (QED) is 0.703. The highest BCUT2D eigenvalue weighted by molar-refractivity contribution is 7.89. The fourth-order valence-corrected chi connectivity index (χ4v) is 3.25. The van der Waals surface area contributed by atoms with Gasteiger partial charge in [-0.3, -0.25) is 0 Å². The standard InChI is InChI=1S/C15H26N2O4S/c1-15(2,3)14(11-16)17-22(18,19)13-7-5-12(6-8-13)21-10-9-20-4/h5-8,14,17H,9-11,16H2,1-4H3. The summed E-state index contributed by atoms with van der Waals surface area (Å²) in [5.74, 6) is 0.599. The van der Waals surface area contributed by atoms with Crippen molar-refractivity contribution in [2.75, 3.05) is 26.9 Å². The Morgan fingerprint density at radius 1 is 1.18 bits per heavy atom. The molecule has 7 heteroatoms. The fourth-order valence-electron chi connectivity index (χ4n) is 1.79. The molecule has 1 atom stereocenters.